The van der Waals surface area contributed by atoms with Gasteiger partial charge in [-0.15, -0.1) is 0 Å². The Hall–Kier alpha value is -0.570. The van der Waals surface area contributed by atoms with Gasteiger partial charge in [-0.2, -0.15) is 0 Å². The Balaban J connectivity index is 3.47. The fourth-order valence-corrected chi connectivity index (χ4v) is 0.735. The van der Waals surface area contributed by atoms with Crippen molar-refractivity contribution in [3.05, 3.63) is 0 Å². The van der Waals surface area contributed by atoms with E-state index in [9.17, 15) is 9.90 Å². The molecule has 1 N–H and O–H groups in total. The fraction of sp³-hybridized carbons (Fsp3) is 0.889. The van der Waals surface area contributed by atoms with E-state index in [4.69, 9.17) is 4.74 Å². The van der Waals surface area contributed by atoms with Crippen LogP contribution < -0.4 is 0 Å². The zero-order valence-electron chi connectivity index (χ0n) is 8.09. The molecule has 0 aromatic rings. The summed E-state index contributed by atoms with van der Waals surface area (Å²) in [6, 6.07) is 0. The Bertz CT molecular complexity index is 135. The summed E-state index contributed by atoms with van der Waals surface area (Å²) in [5.41, 5.74) is -0.955. The van der Waals surface area contributed by atoms with E-state index in [0.29, 0.717) is 6.61 Å². The van der Waals surface area contributed by atoms with Gasteiger partial charge in [0.1, 0.15) is 0 Å². The van der Waals surface area contributed by atoms with Crippen molar-refractivity contribution >= 4 is 5.97 Å². The second kappa shape index (κ2) is 5.14. The second-order valence-electron chi connectivity index (χ2n) is 3.56. The molecule has 0 aromatic heterocycles. The summed E-state index contributed by atoms with van der Waals surface area (Å²) < 4.78 is 4.86. The van der Waals surface area contributed by atoms with Gasteiger partial charge < -0.3 is 9.84 Å². The quantitative estimate of drug-likeness (QED) is 0.507. The number of hydrogen-bond donors (Lipinski definition) is 1. The summed E-state index contributed by atoms with van der Waals surface area (Å²) in [6.45, 7) is 5.68. The van der Waals surface area contributed by atoms with Crippen LogP contribution >= 0.6 is 0 Å². The Morgan fingerprint density at radius 1 is 1.50 bits per heavy atom. The molecule has 3 nitrogen and oxygen atoms in total. The topological polar surface area (TPSA) is 46.5 Å². The summed E-state index contributed by atoms with van der Waals surface area (Å²) in [7, 11) is 0. The molecule has 0 saturated carbocycles. The zero-order chi connectivity index (χ0) is 9.61. The van der Waals surface area contributed by atoms with Crippen molar-refractivity contribution in [2.75, 3.05) is 6.61 Å². The first-order valence-electron chi connectivity index (χ1n) is 4.33. The van der Waals surface area contributed by atoms with Crippen LogP contribution in [0, 0.1) is 0 Å². The lowest BCUT2D eigenvalue weighted by Crippen LogP contribution is -2.24. The van der Waals surface area contributed by atoms with Crippen LogP contribution in [0.2, 0.25) is 0 Å². The first-order valence-corrected chi connectivity index (χ1v) is 4.33. The molecule has 0 amide bonds. The van der Waals surface area contributed by atoms with Gasteiger partial charge in [0.05, 0.1) is 18.6 Å². The van der Waals surface area contributed by atoms with E-state index in [1.54, 1.807) is 13.8 Å². The smallest absolute Gasteiger partial charge is 0.308 e. The molecule has 0 spiro atoms. The Labute approximate surface area is 73.7 Å². The highest BCUT2D eigenvalue weighted by atomic mass is 16.5. The molecule has 0 rings (SSSR count). The summed E-state index contributed by atoms with van der Waals surface area (Å²) in [5.74, 6) is -0.323. The number of carbonyl (C=O) groups is 1. The summed E-state index contributed by atoms with van der Waals surface area (Å²) >= 11 is 0. The minimum absolute atomic E-state index is 0.0662. The summed E-state index contributed by atoms with van der Waals surface area (Å²) in [6.07, 6.45) is 1.96. The molecule has 3 heteroatoms. The van der Waals surface area contributed by atoms with Crippen LogP contribution in [0.5, 0.6) is 0 Å². The van der Waals surface area contributed by atoms with E-state index in [2.05, 4.69) is 0 Å². The van der Waals surface area contributed by atoms with Crippen molar-refractivity contribution in [3.63, 3.8) is 0 Å². The lowest BCUT2D eigenvalue weighted by atomic mass is 10.1. The molecule has 0 atom stereocenters. The minimum Gasteiger partial charge on any atom is -0.466 e. The lowest BCUT2D eigenvalue weighted by molar-refractivity contribution is -0.148. The van der Waals surface area contributed by atoms with Crippen molar-refractivity contribution in [3.8, 4) is 0 Å². The standard InChI is InChI=1S/C9H18O3/c1-4-5-6-12-8(10)7-9(2,3)11/h11H,4-7H2,1-3H3. The lowest BCUT2D eigenvalue weighted by Gasteiger charge is -2.15. The van der Waals surface area contributed by atoms with Crippen LogP contribution in [0.3, 0.4) is 0 Å². The van der Waals surface area contributed by atoms with E-state index < -0.39 is 5.60 Å². The van der Waals surface area contributed by atoms with E-state index in [1.165, 1.54) is 0 Å². The molecule has 0 fully saturated rings. The average Bonchev–Trinajstić information content (AvgIpc) is 1.84. The molecule has 0 aliphatic rings. The molecule has 0 radical (unpaired) electrons. The molecular formula is C9H18O3. The van der Waals surface area contributed by atoms with E-state index in [1.807, 2.05) is 6.92 Å². The van der Waals surface area contributed by atoms with Gasteiger partial charge in [0.25, 0.3) is 0 Å². The highest BCUT2D eigenvalue weighted by Gasteiger charge is 2.18. The normalized spacial score (nSPS) is 11.3. The van der Waals surface area contributed by atoms with E-state index in [-0.39, 0.29) is 12.4 Å². The van der Waals surface area contributed by atoms with Crippen LogP contribution in [0.1, 0.15) is 40.0 Å². The maximum atomic E-state index is 11.0. The molecule has 0 aliphatic heterocycles. The highest BCUT2D eigenvalue weighted by molar-refractivity contribution is 5.70. The van der Waals surface area contributed by atoms with Crippen molar-refractivity contribution in [2.45, 2.75) is 45.6 Å². The fourth-order valence-electron chi connectivity index (χ4n) is 0.735. The first kappa shape index (κ1) is 11.4. The van der Waals surface area contributed by atoms with Crippen molar-refractivity contribution in [2.24, 2.45) is 0 Å². The van der Waals surface area contributed by atoms with Crippen LogP contribution in [-0.4, -0.2) is 23.3 Å². The van der Waals surface area contributed by atoms with Crippen LogP contribution in [0.25, 0.3) is 0 Å². The molecule has 0 aliphatic carbocycles. The number of ether oxygens (including phenoxy) is 1. The largest absolute Gasteiger partial charge is 0.466 e. The van der Waals surface area contributed by atoms with Gasteiger partial charge in [0.2, 0.25) is 0 Å². The Morgan fingerprint density at radius 3 is 2.50 bits per heavy atom. The zero-order valence-corrected chi connectivity index (χ0v) is 8.09. The Kier molecular flexibility index (Phi) is 4.90. The maximum Gasteiger partial charge on any atom is 0.308 e. The molecule has 72 valence electrons. The first-order chi connectivity index (χ1) is 5.45. The SMILES string of the molecule is CCCCOC(=O)CC(C)(C)O. The molecule has 0 saturated heterocycles. The van der Waals surface area contributed by atoms with Gasteiger partial charge in [-0.1, -0.05) is 13.3 Å². The van der Waals surface area contributed by atoms with E-state index in [0.717, 1.165) is 12.8 Å². The number of unbranched alkanes of at least 4 members (excludes halogenated alkanes) is 1. The van der Waals surface area contributed by atoms with Gasteiger partial charge in [-0.25, -0.2) is 0 Å². The number of esters is 1. The molecule has 0 heterocycles. The summed E-state index contributed by atoms with van der Waals surface area (Å²) in [4.78, 5) is 11.0. The van der Waals surface area contributed by atoms with Crippen molar-refractivity contribution in [1.82, 2.24) is 0 Å². The molecule has 0 bridgehead atoms. The monoisotopic (exact) mass is 174 g/mol. The van der Waals surface area contributed by atoms with Gasteiger partial charge >= 0.3 is 5.97 Å². The summed E-state index contributed by atoms with van der Waals surface area (Å²) in [5, 5.41) is 9.24. The second-order valence-corrected chi connectivity index (χ2v) is 3.56. The Morgan fingerprint density at radius 2 is 2.08 bits per heavy atom. The van der Waals surface area contributed by atoms with Crippen molar-refractivity contribution in [1.29, 1.82) is 0 Å². The molecule has 0 unspecified atom stereocenters. The van der Waals surface area contributed by atoms with Crippen LogP contribution in [0.4, 0.5) is 0 Å². The van der Waals surface area contributed by atoms with Gasteiger partial charge in [-0.05, 0) is 20.3 Å². The number of rotatable bonds is 5. The molecular weight excluding hydrogens is 156 g/mol. The van der Waals surface area contributed by atoms with Gasteiger partial charge in [0.15, 0.2) is 0 Å². The average molecular weight is 174 g/mol. The molecule has 12 heavy (non-hydrogen) atoms. The minimum atomic E-state index is -0.955. The number of carbonyl (C=O) groups excluding carboxylic acids is 1. The third kappa shape index (κ3) is 7.54. The van der Waals surface area contributed by atoms with Gasteiger partial charge in [-0.3, -0.25) is 4.79 Å². The highest BCUT2D eigenvalue weighted by Crippen LogP contribution is 2.08. The number of aliphatic hydroxyl groups is 1. The molecule has 0 aromatic carbocycles. The predicted octanol–water partition coefficient (Wildman–Crippen LogP) is 1.49. The van der Waals surface area contributed by atoms with Crippen molar-refractivity contribution < 1.29 is 14.6 Å². The van der Waals surface area contributed by atoms with Crippen LogP contribution in [0.15, 0.2) is 0 Å². The maximum absolute atomic E-state index is 11.0. The van der Waals surface area contributed by atoms with Crippen LogP contribution in [-0.2, 0) is 9.53 Å². The number of hydrogen-bond acceptors (Lipinski definition) is 3. The third-order valence-corrected chi connectivity index (χ3v) is 1.34. The predicted molar refractivity (Wildman–Crippen MR) is 46.8 cm³/mol. The van der Waals surface area contributed by atoms with E-state index >= 15 is 0 Å². The van der Waals surface area contributed by atoms with Gasteiger partial charge in [0, 0.05) is 0 Å². The third-order valence-electron chi connectivity index (χ3n) is 1.34.